The summed E-state index contributed by atoms with van der Waals surface area (Å²) < 4.78 is 10.8. The van der Waals surface area contributed by atoms with Gasteiger partial charge >= 0.3 is 0 Å². The van der Waals surface area contributed by atoms with Gasteiger partial charge in [-0.05, 0) is 13.0 Å². The molecular formula is C12H9ClN4O2. The van der Waals surface area contributed by atoms with Crippen LogP contribution in [0.1, 0.15) is 18.9 Å². The number of pyridine rings is 1. The predicted molar refractivity (Wildman–Crippen MR) is 67.9 cm³/mol. The van der Waals surface area contributed by atoms with Gasteiger partial charge in [0.25, 0.3) is 0 Å². The molecule has 0 unspecified atom stereocenters. The van der Waals surface area contributed by atoms with Crippen LogP contribution >= 0.6 is 11.6 Å². The molecule has 0 bridgehead atoms. The summed E-state index contributed by atoms with van der Waals surface area (Å²) >= 11 is 5.92. The number of aromatic nitrogens is 4. The van der Waals surface area contributed by atoms with Crippen molar-refractivity contribution in [2.75, 3.05) is 0 Å². The van der Waals surface area contributed by atoms with Crippen LogP contribution in [0.4, 0.5) is 0 Å². The molecule has 96 valence electrons. The molecule has 0 fully saturated rings. The van der Waals surface area contributed by atoms with Crippen molar-refractivity contribution in [1.29, 1.82) is 0 Å². The van der Waals surface area contributed by atoms with E-state index in [1.165, 1.54) is 12.5 Å². The number of oxazole rings is 1. The van der Waals surface area contributed by atoms with Crippen molar-refractivity contribution in [2.45, 2.75) is 13.0 Å². The topological polar surface area (TPSA) is 73.9 Å². The van der Waals surface area contributed by atoms with Crippen molar-refractivity contribution in [3.63, 3.8) is 0 Å². The van der Waals surface area contributed by atoms with Gasteiger partial charge in [0.2, 0.25) is 11.8 Å². The van der Waals surface area contributed by atoms with E-state index in [9.17, 15) is 0 Å². The first-order valence-corrected chi connectivity index (χ1v) is 5.95. The van der Waals surface area contributed by atoms with E-state index in [4.69, 9.17) is 20.8 Å². The quantitative estimate of drug-likeness (QED) is 0.685. The summed E-state index contributed by atoms with van der Waals surface area (Å²) in [6, 6.07) is 1.72. The monoisotopic (exact) mass is 276 g/mol. The third-order valence-corrected chi connectivity index (χ3v) is 2.77. The number of fused-ring (bicyclic) bond motifs is 1. The fourth-order valence-corrected chi connectivity index (χ4v) is 1.82. The summed E-state index contributed by atoms with van der Waals surface area (Å²) in [5.74, 6) is 0.857. The lowest BCUT2D eigenvalue weighted by atomic mass is 10.4. The number of nitrogens with zero attached hydrogens (tertiary/aromatic N) is 4. The lowest BCUT2D eigenvalue weighted by molar-refractivity contribution is 0.181. The van der Waals surface area contributed by atoms with E-state index in [0.717, 1.165) is 0 Å². The average Bonchev–Trinajstić information content (AvgIpc) is 2.93. The van der Waals surface area contributed by atoms with Gasteiger partial charge in [0.05, 0.1) is 17.9 Å². The number of rotatable bonds is 3. The molecule has 3 heterocycles. The van der Waals surface area contributed by atoms with E-state index >= 15 is 0 Å². The van der Waals surface area contributed by atoms with Gasteiger partial charge in [0, 0.05) is 6.20 Å². The van der Waals surface area contributed by atoms with E-state index in [1.54, 1.807) is 18.5 Å². The van der Waals surface area contributed by atoms with E-state index in [1.807, 2.05) is 6.92 Å². The Hall–Kier alpha value is -2.21. The van der Waals surface area contributed by atoms with Gasteiger partial charge in [-0.15, -0.1) is 0 Å². The van der Waals surface area contributed by atoms with Crippen molar-refractivity contribution in [3.8, 4) is 5.88 Å². The molecule has 3 rings (SSSR count). The highest BCUT2D eigenvalue weighted by atomic mass is 35.5. The first kappa shape index (κ1) is 11.9. The molecule has 0 amide bonds. The van der Waals surface area contributed by atoms with Crippen molar-refractivity contribution >= 4 is 22.6 Å². The van der Waals surface area contributed by atoms with Crippen molar-refractivity contribution in [3.05, 3.63) is 42.0 Å². The fourth-order valence-electron chi connectivity index (χ4n) is 1.62. The van der Waals surface area contributed by atoms with Crippen LogP contribution in [0.3, 0.4) is 0 Å². The Morgan fingerprint density at radius 3 is 2.95 bits per heavy atom. The summed E-state index contributed by atoms with van der Waals surface area (Å²) in [4.78, 5) is 16.4. The van der Waals surface area contributed by atoms with Crippen molar-refractivity contribution in [1.82, 2.24) is 19.9 Å². The normalized spacial score (nSPS) is 12.5. The number of halogens is 1. The smallest absolute Gasteiger partial charge is 0.235 e. The van der Waals surface area contributed by atoms with Crippen LogP contribution in [0.2, 0.25) is 5.15 Å². The van der Waals surface area contributed by atoms with Crippen molar-refractivity contribution < 1.29 is 9.15 Å². The Kier molecular flexibility index (Phi) is 3.00. The summed E-state index contributed by atoms with van der Waals surface area (Å²) in [5.41, 5.74) is 1.16. The minimum Gasteiger partial charge on any atom is -0.464 e. The molecule has 0 aliphatic heterocycles. The average molecular weight is 277 g/mol. The second-order valence-corrected chi connectivity index (χ2v) is 4.17. The van der Waals surface area contributed by atoms with Gasteiger partial charge in [-0.2, -0.15) is 0 Å². The van der Waals surface area contributed by atoms with Gasteiger partial charge in [0.1, 0.15) is 11.8 Å². The van der Waals surface area contributed by atoms with Crippen LogP contribution in [0.25, 0.3) is 11.0 Å². The predicted octanol–water partition coefficient (Wildman–Crippen LogP) is 2.81. The standard InChI is InChI=1S/C12H9ClN4O2/c1-7(12-15-4-5-18-12)19-9-6-16-10-8(17-9)2-3-14-11(10)13/h2-7H,1H3/t7-/m0/s1. The highest BCUT2D eigenvalue weighted by molar-refractivity contribution is 6.33. The highest BCUT2D eigenvalue weighted by Crippen LogP contribution is 2.22. The Bertz CT molecular complexity index is 702. The van der Waals surface area contributed by atoms with Gasteiger partial charge in [-0.25, -0.2) is 19.9 Å². The molecule has 0 N–H and O–H groups in total. The van der Waals surface area contributed by atoms with Gasteiger partial charge < -0.3 is 9.15 Å². The zero-order valence-corrected chi connectivity index (χ0v) is 10.7. The maximum Gasteiger partial charge on any atom is 0.235 e. The molecule has 3 aromatic rings. The fraction of sp³-hybridized carbons (Fsp3) is 0.167. The number of hydrogen-bond donors (Lipinski definition) is 0. The van der Waals surface area contributed by atoms with Crippen LogP contribution in [-0.4, -0.2) is 19.9 Å². The third-order valence-electron chi connectivity index (χ3n) is 2.49. The zero-order chi connectivity index (χ0) is 13.2. The Labute approximate surface area is 113 Å². The minimum atomic E-state index is -0.348. The van der Waals surface area contributed by atoms with Gasteiger partial charge in [-0.1, -0.05) is 11.6 Å². The molecule has 0 saturated carbocycles. The molecule has 0 aliphatic carbocycles. The molecule has 0 aliphatic rings. The molecule has 6 nitrogen and oxygen atoms in total. The molecular weight excluding hydrogens is 268 g/mol. The number of ether oxygens (including phenoxy) is 1. The second-order valence-electron chi connectivity index (χ2n) is 3.81. The molecule has 3 aromatic heterocycles. The van der Waals surface area contributed by atoms with E-state index in [2.05, 4.69) is 19.9 Å². The Morgan fingerprint density at radius 2 is 2.16 bits per heavy atom. The molecule has 19 heavy (non-hydrogen) atoms. The molecule has 1 atom stereocenters. The summed E-state index contributed by atoms with van der Waals surface area (Å²) in [6.45, 7) is 1.82. The minimum absolute atomic E-state index is 0.317. The molecule has 0 spiro atoms. The summed E-state index contributed by atoms with van der Waals surface area (Å²) in [5, 5.41) is 0.317. The van der Waals surface area contributed by atoms with Crippen LogP contribution in [-0.2, 0) is 0 Å². The van der Waals surface area contributed by atoms with Crippen LogP contribution in [0.15, 0.2) is 35.3 Å². The zero-order valence-electron chi connectivity index (χ0n) is 9.95. The maximum absolute atomic E-state index is 5.92. The first-order chi connectivity index (χ1) is 9.24. The molecule has 7 heteroatoms. The van der Waals surface area contributed by atoms with Crippen LogP contribution in [0.5, 0.6) is 5.88 Å². The number of hydrogen-bond acceptors (Lipinski definition) is 6. The van der Waals surface area contributed by atoms with E-state index < -0.39 is 0 Å². The largest absolute Gasteiger partial charge is 0.464 e. The van der Waals surface area contributed by atoms with E-state index in [0.29, 0.717) is 28.0 Å². The van der Waals surface area contributed by atoms with Crippen LogP contribution in [0, 0.1) is 0 Å². The first-order valence-electron chi connectivity index (χ1n) is 5.57. The Balaban J connectivity index is 1.90. The van der Waals surface area contributed by atoms with Crippen LogP contribution < -0.4 is 4.74 Å². The summed E-state index contributed by atoms with van der Waals surface area (Å²) in [6.07, 6.45) is 5.77. The molecule has 0 saturated heterocycles. The molecule has 0 aromatic carbocycles. The lowest BCUT2D eigenvalue weighted by Gasteiger charge is -2.10. The SMILES string of the molecule is C[C@H](Oc1cnc2c(Cl)nccc2n1)c1ncco1. The van der Waals surface area contributed by atoms with Gasteiger partial charge in [0.15, 0.2) is 11.3 Å². The van der Waals surface area contributed by atoms with Gasteiger partial charge in [-0.3, -0.25) is 0 Å². The van der Waals surface area contributed by atoms with E-state index in [-0.39, 0.29) is 6.10 Å². The Morgan fingerprint density at radius 1 is 1.26 bits per heavy atom. The van der Waals surface area contributed by atoms with Crippen molar-refractivity contribution in [2.24, 2.45) is 0 Å². The maximum atomic E-state index is 5.92. The second kappa shape index (κ2) is 4.81. The summed E-state index contributed by atoms with van der Waals surface area (Å²) in [7, 11) is 0. The molecule has 0 radical (unpaired) electrons. The lowest BCUT2D eigenvalue weighted by Crippen LogP contribution is -2.05. The highest BCUT2D eigenvalue weighted by Gasteiger charge is 2.13. The third kappa shape index (κ3) is 2.34.